The molecule has 0 amide bonds. The molecule has 0 aromatic heterocycles. The first-order valence-corrected chi connectivity index (χ1v) is 6.73. The number of hydrogen-bond donors (Lipinski definition) is 0. The molecule has 1 saturated heterocycles. The van der Waals surface area contributed by atoms with E-state index in [0.717, 1.165) is 51.9 Å². The molecule has 1 aliphatic heterocycles. The Balaban J connectivity index is 2.06. The zero-order chi connectivity index (χ0) is 11.8. The molecule has 0 aliphatic carbocycles. The first-order valence-electron chi connectivity index (χ1n) is 6.19. The molecule has 0 aromatic rings. The van der Waals surface area contributed by atoms with E-state index in [1.807, 2.05) is 0 Å². The smallest absolute Gasteiger partial charge is 0.0634 e. The van der Waals surface area contributed by atoms with Crippen LogP contribution in [0.3, 0.4) is 0 Å². The molecular weight excluding hydrogens is 226 g/mol. The molecular formula is C12H24ClNO2. The highest BCUT2D eigenvalue weighted by atomic mass is 35.5. The van der Waals surface area contributed by atoms with Gasteiger partial charge in [0.15, 0.2) is 0 Å². The molecule has 3 nitrogen and oxygen atoms in total. The number of nitrogens with zero attached hydrogens (tertiary/aromatic N) is 1. The number of rotatable bonds is 7. The predicted octanol–water partition coefficient (Wildman–Crippen LogP) is 1.99. The van der Waals surface area contributed by atoms with Gasteiger partial charge in [0.2, 0.25) is 0 Å². The molecule has 16 heavy (non-hydrogen) atoms. The van der Waals surface area contributed by atoms with E-state index in [9.17, 15) is 0 Å². The van der Waals surface area contributed by atoms with Crippen molar-refractivity contribution in [3.8, 4) is 0 Å². The van der Waals surface area contributed by atoms with E-state index in [1.54, 1.807) is 0 Å². The van der Waals surface area contributed by atoms with Crippen LogP contribution in [0.1, 0.15) is 20.3 Å². The Hall–Kier alpha value is 0.170. The maximum absolute atomic E-state index is 5.89. The van der Waals surface area contributed by atoms with Crippen molar-refractivity contribution in [3.05, 3.63) is 0 Å². The van der Waals surface area contributed by atoms with Gasteiger partial charge in [0.05, 0.1) is 19.8 Å². The van der Waals surface area contributed by atoms with Gasteiger partial charge in [-0.1, -0.05) is 13.8 Å². The summed E-state index contributed by atoms with van der Waals surface area (Å²) in [4.78, 5) is 2.37. The highest BCUT2D eigenvalue weighted by Gasteiger charge is 2.21. The third kappa shape index (κ3) is 5.48. The molecule has 1 atom stereocenters. The van der Waals surface area contributed by atoms with Crippen molar-refractivity contribution in [2.45, 2.75) is 26.3 Å². The van der Waals surface area contributed by atoms with Crippen LogP contribution in [0, 0.1) is 5.92 Å². The van der Waals surface area contributed by atoms with Crippen LogP contribution in [-0.2, 0) is 9.47 Å². The maximum Gasteiger partial charge on any atom is 0.0634 e. The largest absolute Gasteiger partial charge is 0.380 e. The second kappa shape index (κ2) is 8.29. The summed E-state index contributed by atoms with van der Waals surface area (Å²) in [5.41, 5.74) is 0. The van der Waals surface area contributed by atoms with Crippen LogP contribution < -0.4 is 0 Å². The highest BCUT2D eigenvalue weighted by Crippen LogP contribution is 2.08. The lowest BCUT2D eigenvalue weighted by Gasteiger charge is -2.34. The maximum atomic E-state index is 5.89. The number of morpholine rings is 1. The third-order valence-electron chi connectivity index (χ3n) is 2.89. The minimum absolute atomic E-state index is 0.365. The topological polar surface area (TPSA) is 21.7 Å². The molecule has 1 rings (SSSR count). The summed E-state index contributed by atoms with van der Waals surface area (Å²) in [6, 6.07) is 0.365. The van der Waals surface area contributed by atoms with Crippen molar-refractivity contribution >= 4 is 11.6 Å². The third-order valence-corrected chi connectivity index (χ3v) is 3.25. The van der Waals surface area contributed by atoms with E-state index in [4.69, 9.17) is 21.1 Å². The van der Waals surface area contributed by atoms with Gasteiger partial charge in [-0.05, 0) is 12.3 Å². The van der Waals surface area contributed by atoms with Crippen molar-refractivity contribution in [3.63, 3.8) is 0 Å². The fourth-order valence-electron chi connectivity index (χ4n) is 1.73. The lowest BCUT2D eigenvalue weighted by Crippen LogP contribution is -2.47. The summed E-state index contributed by atoms with van der Waals surface area (Å²) < 4.78 is 11.0. The average molecular weight is 250 g/mol. The molecule has 0 aromatic carbocycles. The fraction of sp³-hybridized carbons (Fsp3) is 1.00. The van der Waals surface area contributed by atoms with E-state index in [0.29, 0.717) is 11.9 Å². The molecule has 1 heterocycles. The molecule has 1 unspecified atom stereocenters. The van der Waals surface area contributed by atoms with Crippen molar-refractivity contribution < 1.29 is 9.47 Å². The molecule has 0 N–H and O–H groups in total. The Morgan fingerprint density at radius 2 is 2.25 bits per heavy atom. The van der Waals surface area contributed by atoms with Gasteiger partial charge in [0.1, 0.15) is 0 Å². The van der Waals surface area contributed by atoms with Gasteiger partial charge < -0.3 is 9.47 Å². The van der Waals surface area contributed by atoms with E-state index in [1.165, 1.54) is 0 Å². The minimum atomic E-state index is 0.365. The minimum Gasteiger partial charge on any atom is -0.380 e. The molecule has 0 radical (unpaired) electrons. The van der Waals surface area contributed by atoms with Crippen LogP contribution >= 0.6 is 11.6 Å². The van der Waals surface area contributed by atoms with Crippen LogP contribution in [0.15, 0.2) is 0 Å². The van der Waals surface area contributed by atoms with Gasteiger partial charge in [0, 0.05) is 31.6 Å². The van der Waals surface area contributed by atoms with Crippen LogP contribution in [0.5, 0.6) is 0 Å². The number of alkyl halides is 1. The van der Waals surface area contributed by atoms with Gasteiger partial charge in [-0.15, -0.1) is 11.6 Å². The number of hydrogen-bond acceptors (Lipinski definition) is 3. The van der Waals surface area contributed by atoms with Crippen LogP contribution in [0.4, 0.5) is 0 Å². The van der Waals surface area contributed by atoms with Crippen LogP contribution in [-0.4, -0.2) is 56.3 Å². The first kappa shape index (κ1) is 14.2. The Labute approximate surface area is 104 Å². The summed E-state index contributed by atoms with van der Waals surface area (Å²) in [5.74, 6) is 1.37. The van der Waals surface area contributed by atoms with Gasteiger partial charge in [0.25, 0.3) is 0 Å². The van der Waals surface area contributed by atoms with Crippen molar-refractivity contribution in [2.24, 2.45) is 5.92 Å². The summed E-state index contributed by atoms with van der Waals surface area (Å²) in [5, 5.41) is 0. The normalized spacial score (nSPS) is 22.9. The van der Waals surface area contributed by atoms with Crippen molar-refractivity contribution in [2.75, 3.05) is 45.4 Å². The molecule has 0 spiro atoms. The Kier molecular flexibility index (Phi) is 7.37. The monoisotopic (exact) mass is 249 g/mol. The van der Waals surface area contributed by atoms with Crippen molar-refractivity contribution in [1.82, 2.24) is 4.90 Å². The lowest BCUT2D eigenvalue weighted by atomic mass is 10.1. The van der Waals surface area contributed by atoms with Gasteiger partial charge in [-0.3, -0.25) is 4.90 Å². The Bertz CT molecular complexity index is 178. The van der Waals surface area contributed by atoms with Gasteiger partial charge in [-0.2, -0.15) is 0 Å². The first-order chi connectivity index (χ1) is 7.74. The second-order valence-corrected chi connectivity index (χ2v) is 5.02. The molecule has 0 bridgehead atoms. The summed E-state index contributed by atoms with van der Waals surface area (Å²) in [6.45, 7) is 9.63. The highest BCUT2D eigenvalue weighted by molar-refractivity contribution is 6.18. The second-order valence-electron chi connectivity index (χ2n) is 4.71. The zero-order valence-corrected chi connectivity index (χ0v) is 11.2. The average Bonchev–Trinajstić information content (AvgIpc) is 2.29. The van der Waals surface area contributed by atoms with E-state index in [-0.39, 0.29) is 0 Å². The Morgan fingerprint density at radius 3 is 2.94 bits per heavy atom. The van der Waals surface area contributed by atoms with Crippen molar-refractivity contribution in [1.29, 1.82) is 0 Å². The van der Waals surface area contributed by atoms with E-state index in [2.05, 4.69) is 18.7 Å². The van der Waals surface area contributed by atoms with Crippen LogP contribution in [0.2, 0.25) is 0 Å². The number of ether oxygens (including phenoxy) is 2. The van der Waals surface area contributed by atoms with Gasteiger partial charge >= 0.3 is 0 Å². The molecule has 4 heteroatoms. The molecule has 96 valence electrons. The molecule has 0 saturated carbocycles. The van der Waals surface area contributed by atoms with E-state index < -0.39 is 0 Å². The standard InChI is InChI=1S/C12H24ClNO2/c1-11(2)3-6-15-7-4-14-5-8-16-10-12(14)9-13/h11-12H,3-10H2,1-2H3. The number of halogens is 1. The molecule has 1 fully saturated rings. The van der Waals surface area contributed by atoms with Crippen LogP contribution in [0.25, 0.3) is 0 Å². The SMILES string of the molecule is CC(C)CCOCCN1CCOCC1CCl. The summed E-state index contributed by atoms with van der Waals surface area (Å²) in [7, 11) is 0. The van der Waals surface area contributed by atoms with E-state index >= 15 is 0 Å². The quantitative estimate of drug-likeness (QED) is 0.509. The Morgan fingerprint density at radius 1 is 1.44 bits per heavy atom. The summed E-state index contributed by atoms with van der Waals surface area (Å²) in [6.07, 6.45) is 1.14. The molecule has 1 aliphatic rings. The zero-order valence-electron chi connectivity index (χ0n) is 10.5. The predicted molar refractivity (Wildman–Crippen MR) is 67.2 cm³/mol. The fourth-order valence-corrected chi connectivity index (χ4v) is 2.01. The summed E-state index contributed by atoms with van der Waals surface area (Å²) >= 11 is 5.89. The lowest BCUT2D eigenvalue weighted by molar-refractivity contribution is -0.0131. The van der Waals surface area contributed by atoms with Gasteiger partial charge in [-0.25, -0.2) is 0 Å².